The van der Waals surface area contributed by atoms with Gasteiger partial charge in [-0.1, -0.05) is 13.0 Å². The summed E-state index contributed by atoms with van der Waals surface area (Å²) >= 11 is 1.37. The number of hydrogen-bond acceptors (Lipinski definition) is 4. The summed E-state index contributed by atoms with van der Waals surface area (Å²) < 4.78 is 0. The van der Waals surface area contributed by atoms with Gasteiger partial charge in [0.2, 0.25) is 5.56 Å². The van der Waals surface area contributed by atoms with E-state index in [0.717, 1.165) is 33.6 Å². The van der Waals surface area contributed by atoms with Crippen molar-refractivity contribution in [3.05, 3.63) is 55.8 Å². The number of carbonyl (C=O) groups excluding carboxylic acids is 1. The van der Waals surface area contributed by atoms with Gasteiger partial charge in [0.25, 0.3) is 5.91 Å². The summed E-state index contributed by atoms with van der Waals surface area (Å²) in [6.45, 7) is 5.71. The number of nitrogens with zero attached hydrogens (tertiary/aromatic N) is 1. The molecule has 0 fully saturated rings. The van der Waals surface area contributed by atoms with Crippen molar-refractivity contribution in [2.75, 3.05) is 5.32 Å². The van der Waals surface area contributed by atoms with Gasteiger partial charge in [0.1, 0.15) is 4.88 Å². The normalized spacial score (nSPS) is 10.9. The smallest absolute Gasteiger partial charge is 0.267 e. The molecule has 0 bridgehead atoms. The molecule has 0 saturated heterocycles. The maximum absolute atomic E-state index is 12.4. The molecule has 0 saturated carbocycles. The monoisotopic (exact) mass is 327 g/mol. The number of pyridine rings is 1. The highest BCUT2D eigenvalue weighted by molar-refractivity contribution is 7.13. The zero-order chi connectivity index (χ0) is 16.6. The number of carbonyl (C=O) groups is 1. The van der Waals surface area contributed by atoms with Crippen LogP contribution in [0.3, 0.4) is 0 Å². The number of aryl methyl sites for hydroxylation is 3. The third-order valence-corrected chi connectivity index (χ3v) is 4.75. The Labute approximate surface area is 137 Å². The number of anilines is 1. The molecule has 1 amide bonds. The van der Waals surface area contributed by atoms with E-state index in [2.05, 4.69) is 15.3 Å². The summed E-state index contributed by atoms with van der Waals surface area (Å²) in [5, 5.41) is 4.73. The van der Waals surface area contributed by atoms with Crippen LogP contribution in [0.1, 0.15) is 32.9 Å². The molecular weight excluding hydrogens is 310 g/mol. The number of aromatic amines is 1. The molecule has 0 aliphatic carbocycles. The number of fused-ring (bicyclic) bond motifs is 1. The highest BCUT2D eigenvalue weighted by Gasteiger charge is 2.14. The number of hydrogen-bond donors (Lipinski definition) is 2. The molecule has 2 aromatic heterocycles. The van der Waals surface area contributed by atoms with Gasteiger partial charge in [0.15, 0.2) is 0 Å². The van der Waals surface area contributed by atoms with Crippen molar-refractivity contribution in [3.8, 4) is 0 Å². The molecule has 3 aromatic rings. The molecule has 5 nitrogen and oxygen atoms in total. The first-order valence-electron chi connectivity index (χ1n) is 7.39. The standard InChI is InChI=1S/C17H17N3O2S/c1-4-11-7-15(21)20-14-8-12(5-6-13(11)14)19-17(22)16-9(2)18-10(3)23-16/h5-8H,4H2,1-3H3,(H,19,22)(H,20,21). The first-order valence-corrected chi connectivity index (χ1v) is 8.21. The number of aromatic nitrogens is 2. The lowest BCUT2D eigenvalue weighted by molar-refractivity contribution is 0.103. The Balaban J connectivity index is 1.96. The molecule has 0 radical (unpaired) electrons. The molecule has 0 atom stereocenters. The quantitative estimate of drug-likeness (QED) is 0.774. The van der Waals surface area contributed by atoms with Crippen molar-refractivity contribution in [1.82, 2.24) is 9.97 Å². The maximum Gasteiger partial charge on any atom is 0.267 e. The van der Waals surface area contributed by atoms with Crippen LogP contribution in [0.2, 0.25) is 0 Å². The van der Waals surface area contributed by atoms with Crippen LogP contribution in [-0.4, -0.2) is 15.9 Å². The van der Waals surface area contributed by atoms with Gasteiger partial charge in [-0.05, 0) is 38.0 Å². The predicted molar refractivity (Wildman–Crippen MR) is 93.5 cm³/mol. The Morgan fingerprint density at radius 1 is 1.30 bits per heavy atom. The molecule has 0 unspecified atom stereocenters. The molecule has 0 aliphatic heterocycles. The van der Waals surface area contributed by atoms with Crippen LogP contribution in [0.15, 0.2) is 29.1 Å². The fourth-order valence-corrected chi connectivity index (χ4v) is 3.45. The van der Waals surface area contributed by atoms with Crippen LogP contribution < -0.4 is 10.9 Å². The Bertz CT molecular complexity index is 956. The number of rotatable bonds is 3. The van der Waals surface area contributed by atoms with Crippen molar-refractivity contribution in [1.29, 1.82) is 0 Å². The van der Waals surface area contributed by atoms with Gasteiger partial charge in [-0.2, -0.15) is 0 Å². The lowest BCUT2D eigenvalue weighted by atomic mass is 10.1. The minimum Gasteiger partial charge on any atom is -0.322 e. The van der Waals surface area contributed by atoms with Gasteiger partial charge in [0.05, 0.1) is 16.2 Å². The van der Waals surface area contributed by atoms with Crippen LogP contribution in [0.5, 0.6) is 0 Å². The first kappa shape index (κ1) is 15.4. The van der Waals surface area contributed by atoms with Crippen LogP contribution in [0, 0.1) is 13.8 Å². The molecule has 0 spiro atoms. The Hall–Kier alpha value is -2.47. The van der Waals surface area contributed by atoms with Gasteiger partial charge < -0.3 is 10.3 Å². The van der Waals surface area contributed by atoms with Gasteiger partial charge in [-0.25, -0.2) is 4.98 Å². The van der Waals surface area contributed by atoms with E-state index in [1.54, 1.807) is 12.1 Å². The largest absolute Gasteiger partial charge is 0.322 e. The summed E-state index contributed by atoms with van der Waals surface area (Å²) in [6.07, 6.45) is 0.783. The first-order chi connectivity index (χ1) is 11.0. The Kier molecular flexibility index (Phi) is 4.00. The molecule has 3 rings (SSSR count). The fraction of sp³-hybridized carbons (Fsp3) is 0.235. The SMILES string of the molecule is CCc1cc(=O)[nH]c2cc(NC(=O)c3sc(C)nc3C)ccc12. The molecule has 6 heteroatoms. The van der Waals surface area contributed by atoms with E-state index in [0.29, 0.717) is 10.6 Å². The fourth-order valence-electron chi connectivity index (χ4n) is 2.63. The zero-order valence-electron chi connectivity index (χ0n) is 13.2. The number of H-pyrrole nitrogens is 1. The van der Waals surface area contributed by atoms with Crippen LogP contribution in [0.4, 0.5) is 5.69 Å². The molecule has 2 N–H and O–H groups in total. The summed E-state index contributed by atoms with van der Waals surface area (Å²) in [5.74, 6) is -0.179. The number of nitrogens with one attached hydrogen (secondary N) is 2. The summed E-state index contributed by atoms with van der Waals surface area (Å²) in [5.41, 5.74) is 2.97. The third-order valence-electron chi connectivity index (χ3n) is 3.68. The summed E-state index contributed by atoms with van der Waals surface area (Å²) in [7, 11) is 0. The van der Waals surface area contributed by atoms with Gasteiger partial charge in [-0.3, -0.25) is 9.59 Å². The highest BCUT2D eigenvalue weighted by Crippen LogP contribution is 2.22. The Morgan fingerprint density at radius 3 is 2.74 bits per heavy atom. The van der Waals surface area contributed by atoms with Crippen molar-refractivity contribution < 1.29 is 4.79 Å². The molecule has 23 heavy (non-hydrogen) atoms. The number of thiazole rings is 1. The topological polar surface area (TPSA) is 74.8 Å². The van der Waals surface area contributed by atoms with E-state index in [9.17, 15) is 9.59 Å². The number of benzene rings is 1. The van der Waals surface area contributed by atoms with Gasteiger partial charge >= 0.3 is 0 Å². The van der Waals surface area contributed by atoms with Crippen molar-refractivity contribution >= 4 is 33.8 Å². The summed E-state index contributed by atoms with van der Waals surface area (Å²) in [6, 6.07) is 7.17. The second-order valence-corrected chi connectivity index (χ2v) is 6.58. The van der Waals surface area contributed by atoms with Crippen LogP contribution >= 0.6 is 11.3 Å². The van der Waals surface area contributed by atoms with E-state index < -0.39 is 0 Å². The molecule has 118 valence electrons. The lowest BCUT2D eigenvalue weighted by Gasteiger charge is -2.08. The number of amides is 1. The maximum atomic E-state index is 12.4. The van der Waals surface area contributed by atoms with Crippen molar-refractivity contribution in [3.63, 3.8) is 0 Å². The minimum atomic E-state index is -0.179. The van der Waals surface area contributed by atoms with Crippen LogP contribution in [0.25, 0.3) is 10.9 Å². The van der Waals surface area contributed by atoms with Crippen molar-refractivity contribution in [2.24, 2.45) is 0 Å². The zero-order valence-corrected chi connectivity index (χ0v) is 14.0. The van der Waals surface area contributed by atoms with E-state index in [4.69, 9.17) is 0 Å². The van der Waals surface area contributed by atoms with Gasteiger partial charge in [0, 0.05) is 17.1 Å². The minimum absolute atomic E-state index is 0.133. The lowest BCUT2D eigenvalue weighted by Crippen LogP contribution is -2.12. The highest BCUT2D eigenvalue weighted by atomic mass is 32.1. The van der Waals surface area contributed by atoms with E-state index >= 15 is 0 Å². The average Bonchev–Trinajstić information content (AvgIpc) is 2.84. The van der Waals surface area contributed by atoms with E-state index in [1.807, 2.05) is 32.9 Å². The Morgan fingerprint density at radius 2 is 2.09 bits per heavy atom. The second-order valence-electron chi connectivity index (χ2n) is 5.37. The molecule has 1 aromatic carbocycles. The predicted octanol–water partition coefficient (Wildman–Crippen LogP) is 3.42. The van der Waals surface area contributed by atoms with Crippen LogP contribution in [-0.2, 0) is 6.42 Å². The average molecular weight is 327 g/mol. The van der Waals surface area contributed by atoms with Crippen molar-refractivity contribution in [2.45, 2.75) is 27.2 Å². The van der Waals surface area contributed by atoms with E-state index in [1.165, 1.54) is 11.3 Å². The van der Waals surface area contributed by atoms with E-state index in [-0.39, 0.29) is 11.5 Å². The van der Waals surface area contributed by atoms with Gasteiger partial charge in [-0.15, -0.1) is 11.3 Å². The summed E-state index contributed by atoms with van der Waals surface area (Å²) in [4.78, 5) is 31.8. The molecular formula is C17H17N3O2S. The molecule has 0 aliphatic rings. The third kappa shape index (κ3) is 3.03. The molecule has 2 heterocycles. The second kappa shape index (κ2) is 5.96.